The van der Waals surface area contributed by atoms with Gasteiger partial charge in [-0.25, -0.2) is 4.39 Å². The predicted molar refractivity (Wildman–Crippen MR) is 106 cm³/mol. The van der Waals surface area contributed by atoms with Crippen molar-refractivity contribution in [1.82, 2.24) is 10.3 Å². The number of halogens is 1. The molecule has 0 bridgehead atoms. The third-order valence-corrected chi connectivity index (χ3v) is 5.42. The van der Waals surface area contributed by atoms with Crippen molar-refractivity contribution in [2.24, 2.45) is 11.7 Å². The standard InChI is InChI=1S/C22H24FN3O/c23-18-8-6-15(7-9-18)16-4-5-17-12-21(26-20(17)11-16)22(27)25-13-14-2-1-3-19(24)10-14/h4-9,11-12,14,19,26H,1-3,10,13,24H2,(H,25,27). The molecule has 1 aromatic heterocycles. The molecule has 1 heterocycles. The van der Waals surface area contributed by atoms with Crippen molar-refractivity contribution in [3.8, 4) is 11.1 Å². The number of H-pyrrole nitrogens is 1. The third kappa shape index (κ3) is 4.03. The molecule has 0 aliphatic heterocycles. The molecule has 0 spiro atoms. The molecule has 0 radical (unpaired) electrons. The zero-order valence-electron chi connectivity index (χ0n) is 15.2. The number of rotatable bonds is 4. The Morgan fingerprint density at radius 2 is 1.89 bits per heavy atom. The second kappa shape index (κ2) is 7.53. The van der Waals surface area contributed by atoms with Gasteiger partial charge in [0.15, 0.2) is 0 Å². The molecular formula is C22H24FN3O. The SMILES string of the molecule is NC1CCCC(CNC(=O)c2cc3ccc(-c4ccc(F)cc4)cc3[nH]2)C1. The van der Waals surface area contributed by atoms with Gasteiger partial charge in [0.2, 0.25) is 0 Å². The lowest BCUT2D eigenvalue weighted by molar-refractivity contribution is 0.0938. The van der Waals surface area contributed by atoms with E-state index in [-0.39, 0.29) is 17.8 Å². The summed E-state index contributed by atoms with van der Waals surface area (Å²) < 4.78 is 13.1. The van der Waals surface area contributed by atoms with Crippen LogP contribution in [0.25, 0.3) is 22.0 Å². The first-order valence-electron chi connectivity index (χ1n) is 9.51. The molecule has 1 fully saturated rings. The molecule has 1 saturated carbocycles. The molecular weight excluding hydrogens is 341 g/mol. The molecule has 5 heteroatoms. The van der Waals surface area contributed by atoms with E-state index in [4.69, 9.17) is 5.73 Å². The summed E-state index contributed by atoms with van der Waals surface area (Å²) in [5.41, 5.74) is 9.39. The zero-order chi connectivity index (χ0) is 18.8. The van der Waals surface area contributed by atoms with E-state index in [9.17, 15) is 9.18 Å². The molecule has 1 amide bonds. The van der Waals surface area contributed by atoms with Crippen LogP contribution in [0.2, 0.25) is 0 Å². The van der Waals surface area contributed by atoms with E-state index in [0.29, 0.717) is 18.2 Å². The largest absolute Gasteiger partial charge is 0.351 e. The topological polar surface area (TPSA) is 70.9 Å². The van der Waals surface area contributed by atoms with E-state index in [1.165, 1.54) is 12.1 Å². The Hall–Kier alpha value is -2.66. The number of fused-ring (bicyclic) bond motifs is 1. The van der Waals surface area contributed by atoms with Gasteiger partial charge in [-0.3, -0.25) is 4.79 Å². The van der Waals surface area contributed by atoms with Crippen LogP contribution < -0.4 is 11.1 Å². The number of nitrogens with two attached hydrogens (primary N) is 1. The van der Waals surface area contributed by atoms with Crippen molar-refractivity contribution in [3.05, 3.63) is 60.0 Å². The van der Waals surface area contributed by atoms with Gasteiger partial charge in [-0.15, -0.1) is 0 Å². The minimum absolute atomic E-state index is 0.0892. The maximum Gasteiger partial charge on any atom is 0.267 e. The number of carbonyl (C=O) groups excluding carboxylic acids is 1. The fourth-order valence-corrected chi connectivity index (χ4v) is 3.92. The van der Waals surface area contributed by atoms with E-state index >= 15 is 0 Å². The average molecular weight is 365 g/mol. The van der Waals surface area contributed by atoms with Crippen LogP contribution in [0.4, 0.5) is 4.39 Å². The van der Waals surface area contributed by atoms with Crippen molar-refractivity contribution in [2.45, 2.75) is 31.7 Å². The molecule has 4 rings (SSSR count). The normalized spacial score (nSPS) is 19.9. The van der Waals surface area contributed by atoms with Crippen LogP contribution in [0.3, 0.4) is 0 Å². The van der Waals surface area contributed by atoms with Crippen molar-refractivity contribution in [3.63, 3.8) is 0 Å². The second-order valence-corrected chi connectivity index (χ2v) is 7.49. The molecule has 3 aromatic rings. The van der Waals surface area contributed by atoms with Crippen molar-refractivity contribution >= 4 is 16.8 Å². The Balaban J connectivity index is 1.47. The van der Waals surface area contributed by atoms with Crippen LogP contribution in [-0.2, 0) is 0 Å². The van der Waals surface area contributed by atoms with Gasteiger partial charge in [0.25, 0.3) is 5.91 Å². The number of amides is 1. The summed E-state index contributed by atoms with van der Waals surface area (Å²) in [6.45, 7) is 0.669. The number of aromatic amines is 1. The molecule has 2 aromatic carbocycles. The smallest absolute Gasteiger partial charge is 0.267 e. The summed E-state index contributed by atoms with van der Waals surface area (Å²) in [6.07, 6.45) is 4.33. The van der Waals surface area contributed by atoms with Gasteiger partial charge >= 0.3 is 0 Å². The highest BCUT2D eigenvalue weighted by atomic mass is 19.1. The van der Waals surface area contributed by atoms with Crippen LogP contribution in [0.5, 0.6) is 0 Å². The number of hydrogen-bond acceptors (Lipinski definition) is 2. The minimum atomic E-state index is -0.252. The maximum absolute atomic E-state index is 13.1. The molecule has 4 N–H and O–H groups in total. The van der Waals surface area contributed by atoms with Gasteiger partial charge in [-0.2, -0.15) is 0 Å². The summed E-state index contributed by atoms with van der Waals surface area (Å²) in [7, 11) is 0. The van der Waals surface area contributed by atoms with Gasteiger partial charge in [-0.1, -0.05) is 30.7 Å². The first-order valence-corrected chi connectivity index (χ1v) is 9.51. The van der Waals surface area contributed by atoms with E-state index < -0.39 is 0 Å². The van der Waals surface area contributed by atoms with Crippen LogP contribution in [0.15, 0.2) is 48.5 Å². The van der Waals surface area contributed by atoms with Crippen LogP contribution in [-0.4, -0.2) is 23.5 Å². The minimum Gasteiger partial charge on any atom is -0.351 e. The summed E-state index contributed by atoms with van der Waals surface area (Å²) in [4.78, 5) is 15.7. The van der Waals surface area contributed by atoms with Gasteiger partial charge in [0.05, 0.1) is 0 Å². The summed E-state index contributed by atoms with van der Waals surface area (Å²) >= 11 is 0. The Kier molecular flexibility index (Phi) is 4.94. The lowest BCUT2D eigenvalue weighted by atomic mass is 9.86. The number of carbonyl (C=O) groups is 1. The molecule has 1 aliphatic carbocycles. The molecule has 1 aliphatic rings. The number of nitrogens with one attached hydrogen (secondary N) is 2. The van der Waals surface area contributed by atoms with Crippen molar-refractivity contribution in [1.29, 1.82) is 0 Å². The fourth-order valence-electron chi connectivity index (χ4n) is 3.92. The summed E-state index contributed by atoms with van der Waals surface area (Å²) in [5, 5.41) is 4.01. The molecule has 140 valence electrons. The van der Waals surface area contributed by atoms with Gasteiger partial charge in [0, 0.05) is 23.5 Å². The highest BCUT2D eigenvalue weighted by Crippen LogP contribution is 2.25. The predicted octanol–water partition coefficient (Wildman–Crippen LogP) is 4.22. The van der Waals surface area contributed by atoms with Crippen LogP contribution in [0.1, 0.15) is 36.2 Å². The van der Waals surface area contributed by atoms with Gasteiger partial charge in [-0.05, 0) is 60.6 Å². The lowest BCUT2D eigenvalue weighted by Crippen LogP contribution is -2.35. The number of aromatic nitrogens is 1. The molecule has 2 unspecified atom stereocenters. The molecule has 2 atom stereocenters. The maximum atomic E-state index is 13.1. The molecule has 4 nitrogen and oxygen atoms in total. The van der Waals surface area contributed by atoms with Crippen LogP contribution >= 0.6 is 0 Å². The summed E-state index contributed by atoms with van der Waals surface area (Å²) in [5.74, 6) is 0.124. The lowest BCUT2D eigenvalue weighted by Gasteiger charge is -2.26. The Bertz CT molecular complexity index is 948. The highest BCUT2D eigenvalue weighted by molar-refractivity contribution is 5.98. The third-order valence-electron chi connectivity index (χ3n) is 5.42. The van der Waals surface area contributed by atoms with E-state index in [1.807, 2.05) is 24.3 Å². The monoisotopic (exact) mass is 365 g/mol. The number of benzene rings is 2. The second-order valence-electron chi connectivity index (χ2n) is 7.49. The number of hydrogen-bond donors (Lipinski definition) is 3. The highest BCUT2D eigenvalue weighted by Gasteiger charge is 2.20. The molecule has 0 saturated heterocycles. The van der Waals surface area contributed by atoms with Crippen LogP contribution in [0, 0.1) is 11.7 Å². The first kappa shape index (κ1) is 17.7. The van der Waals surface area contributed by atoms with E-state index in [2.05, 4.69) is 10.3 Å². The van der Waals surface area contributed by atoms with Crippen molar-refractivity contribution < 1.29 is 9.18 Å². The van der Waals surface area contributed by atoms with Gasteiger partial charge in [0.1, 0.15) is 11.5 Å². The van der Waals surface area contributed by atoms with Crippen molar-refractivity contribution in [2.75, 3.05) is 6.54 Å². The first-order chi connectivity index (χ1) is 13.1. The van der Waals surface area contributed by atoms with E-state index in [1.54, 1.807) is 12.1 Å². The Morgan fingerprint density at radius 3 is 2.67 bits per heavy atom. The molecule has 27 heavy (non-hydrogen) atoms. The Labute approximate surface area is 158 Å². The average Bonchev–Trinajstić information content (AvgIpc) is 3.10. The quantitative estimate of drug-likeness (QED) is 0.648. The summed E-state index contributed by atoms with van der Waals surface area (Å²) in [6, 6.07) is 14.5. The zero-order valence-corrected chi connectivity index (χ0v) is 15.2. The van der Waals surface area contributed by atoms with E-state index in [0.717, 1.165) is 47.7 Å². The fraction of sp³-hybridized carbons (Fsp3) is 0.318. The van der Waals surface area contributed by atoms with Gasteiger partial charge < -0.3 is 16.0 Å². The Morgan fingerprint density at radius 1 is 1.11 bits per heavy atom.